The molecule has 2 saturated heterocycles. The lowest BCUT2D eigenvalue weighted by atomic mass is 9.79. The number of hydrogen-bond acceptors (Lipinski definition) is 8. The van der Waals surface area contributed by atoms with Crippen LogP contribution in [0.25, 0.3) is 0 Å². The molecule has 0 saturated carbocycles. The van der Waals surface area contributed by atoms with Crippen LogP contribution < -0.4 is 0 Å². The van der Waals surface area contributed by atoms with Gasteiger partial charge in [0.1, 0.15) is 12.2 Å². The minimum atomic E-state index is -1.39. The molecular weight excluding hydrogens is 402 g/mol. The predicted molar refractivity (Wildman–Crippen MR) is 112 cm³/mol. The Morgan fingerprint density at radius 2 is 2.00 bits per heavy atom. The van der Waals surface area contributed by atoms with E-state index in [0.717, 1.165) is 0 Å². The summed E-state index contributed by atoms with van der Waals surface area (Å²) < 4.78 is 16.9. The number of fused-ring (bicyclic) bond motifs is 1. The molecule has 1 aliphatic carbocycles. The van der Waals surface area contributed by atoms with Crippen molar-refractivity contribution >= 4 is 17.7 Å². The summed E-state index contributed by atoms with van der Waals surface area (Å²) in [4.78, 5) is 40.0. The molecule has 3 rings (SSSR count). The number of carbonyl (C=O) groups is 3. The Morgan fingerprint density at radius 3 is 2.65 bits per heavy atom. The van der Waals surface area contributed by atoms with E-state index in [1.165, 1.54) is 12.2 Å². The van der Waals surface area contributed by atoms with Crippen LogP contribution in [0.5, 0.6) is 0 Å². The molecule has 0 aromatic rings. The van der Waals surface area contributed by atoms with Gasteiger partial charge in [0.15, 0.2) is 5.78 Å². The first-order valence-corrected chi connectivity index (χ1v) is 10.9. The molecule has 0 aromatic heterocycles. The molecule has 8 nitrogen and oxygen atoms in total. The van der Waals surface area contributed by atoms with E-state index in [-0.39, 0.29) is 24.1 Å². The highest BCUT2D eigenvalue weighted by Gasteiger charge is 2.51. The number of hydrogen-bond donors (Lipinski definition) is 1. The lowest BCUT2D eigenvalue weighted by molar-refractivity contribution is -0.160. The largest absolute Gasteiger partial charge is 0.462 e. The number of ether oxygens (including phenoxy) is 3. The number of aliphatic hydroxyl groups is 1. The molecule has 0 aromatic carbocycles. The van der Waals surface area contributed by atoms with Gasteiger partial charge >= 0.3 is 11.9 Å². The first kappa shape index (κ1) is 23.6. The first-order valence-electron chi connectivity index (χ1n) is 10.9. The lowest BCUT2D eigenvalue weighted by Crippen LogP contribution is -2.46. The first-order chi connectivity index (χ1) is 14.6. The van der Waals surface area contributed by atoms with Crippen LogP contribution in [0.3, 0.4) is 0 Å². The molecule has 8 heteroatoms. The van der Waals surface area contributed by atoms with Gasteiger partial charge in [0, 0.05) is 26.1 Å². The molecule has 1 N–H and O–H groups in total. The zero-order valence-corrected chi connectivity index (χ0v) is 18.7. The number of morpholine rings is 1. The number of ketones is 1. The van der Waals surface area contributed by atoms with Gasteiger partial charge in [0.2, 0.25) is 0 Å². The van der Waals surface area contributed by atoms with E-state index in [1.807, 2.05) is 0 Å². The van der Waals surface area contributed by atoms with Crippen LogP contribution in [0, 0.1) is 17.8 Å². The van der Waals surface area contributed by atoms with Crippen molar-refractivity contribution in [3.05, 3.63) is 23.8 Å². The van der Waals surface area contributed by atoms with E-state index in [2.05, 4.69) is 4.90 Å². The Labute approximate surface area is 183 Å². The van der Waals surface area contributed by atoms with Gasteiger partial charge in [-0.1, -0.05) is 13.8 Å². The van der Waals surface area contributed by atoms with E-state index in [0.29, 0.717) is 38.4 Å². The maximum atomic E-state index is 12.9. The Bertz CT molecular complexity index is 764. The van der Waals surface area contributed by atoms with Gasteiger partial charge in [-0.3, -0.25) is 19.3 Å². The molecule has 2 aliphatic heterocycles. The Kier molecular flexibility index (Phi) is 7.34. The van der Waals surface area contributed by atoms with Gasteiger partial charge in [0.25, 0.3) is 0 Å². The highest BCUT2D eigenvalue weighted by Crippen LogP contribution is 2.39. The highest BCUT2D eigenvalue weighted by molar-refractivity contribution is 6.03. The summed E-state index contributed by atoms with van der Waals surface area (Å²) in [6.45, 7) is 9.72. The van der Waals surface area contributed by atoms with Crippen molar-refractivity contribution < 1.29 is 33.7 Å². The third-order valence-electron chi connectivity index (χ3n) is 6.14. The van der Waals surface area contributed by atoms with Crippen LogP contribution in [-0.2, 0) is 28.6 Å². The van der Waals surface area contributed by atoms with E-state index in [9.17, 15) is 19.5 Å². The molecule has 3 aliphatic rings. The summed E-state index contributed by atoms with van der Waals surface area (Å²) in [7, 11) is 0. The molecule has 172 valence electrons. The third kappa shape index (κ3) is 5.81. The van der Waals surface area contributed by atoms with Crippen LogP contribution in [0.1, 0.15) is 34.1 Å². The van der Waals surface area contributed by atoms with Crippen LogP contribution in [0.4, 0.5) is 0 Å². The fourth-order valence-electron chi connectivity index (χ4n) is 4.29. The second kappa shape index (κ2) is 9.63. The molecule has 2 heterocycles. The molecule has 0 amide bonds. The molecule has 0 unspecified atom stereocenters. The van der Waals surface area contributed by atoms with Crippen molar-refractivity contribution in [2.24, 2.45) is 17.8 Å². The number of nitrogens with zero attached hydrogens (tertiary/aromatic N) is 1. The summed E-state index contributed by atoms with van der Waals surface area (Å²) >= 11 is 0. The standard InChI is InChI=1S/C23H33NO7/c1-14(2)21(26)31-19-12-23(4,28)6-5-17(25)15(3)11-18-20(19)16(22(27)30-18)13-24-7-9-29-10-8-24/h5-6,11,14,16,18-20,28H,7-10,12-13H2,1-4H3/b6-5+,15-11-/t16-,18+,19+,20-,23-/m0/s1. The van der Waals surface area contributed by atoms with Crippen molar-refractivity contribution in [2.45, 2.75) is 51.9 Å². The zero-order chi connectivity index (χ0) is 22.8. The quantitative estimate of drug-likeness (QED) is 0.659. The molecular formula is C23H33NO7. The van der Waals surface area contributed by atoms with Crippen molar-refractivity contribution in [3.8, 4) is 0 Å². The number of carbonyl (C=O) groups excluding carboxylic acids is 3. The Balaban J connectivity index is 1.99. The lowest BCUT2D eigenvalue weighted by Gasteiger charge is -2.35. The summed E-state index contributed by atoms with van der Waals surface area (Å²) in [6.07, 6.45) is 2.97. The topological polar surface area (TPSA) is 102 Å². The molecule has 0 spiro atoms. The highest BCUT2D eigenvalue weighted by atomic mass is 16.6. The smallest absolute Gasteiger partial charge is 0.311 e. The average Bonchev–Trinajstić information content (AvgIpc) is 3.00. The van der Waals surface area contributed by atoms with Gasteiger partial charge in [-0.15, -0.1) is 0 Å². The molecule has 0 radical (unpaired) electrons. The average molecular weight is 436 g/mol. The van der Waals surface area contributed by atoms with E-state index >= 15 is 0 Å². The van der Waals surface area contributed by atoms with Gasteiger partial charge in [-0.25, -0.2) is 0 Å². The number of rotatable bonds is 4. The van der Waals surface area contributed by atoms with Crippen LogP contribution in [-0.4, -0.2) is 78.4 Å². The minimum Gasteiger partial charge on any atom is -0.462 e. The molecule has 0 bridgehead atoms. The van der Waals surface area contributed by atoms with Crippen molar-refractivity contribution in [2.75, 3.05) is 32.8 Å². The maximum Gasteiger partial charge on any atom is 0.311 e. The minimum absolute atomic E-state index is 0.0551. The van der Waals surface area contributed by atoms with E-state index in [4.69, 9.17) is 14.2 Å². The fraction of sp³-hybridized carbons (Fsp3) is 0.696. The Hall–Kier alpha value is -2.03. The van der Waals surface area contributed by atoms with Crippen molar-refractivity contribution in [1.82, 2.24) is 4.90 Å². The fourth-order valence-corrected chi connectivity index (χ4v) is 4.29. The van der Waals surface area contributed by atoms with Crippen LogP contribution >= 0.6 is 0 Å². The van der Waals surface area contributed by atoms with Gasteiger partial charge < -0.3 is 19.3 Å². The third-order valence-corrected chi connectivity index (χ3v) is 6.14. The second-order valence-corrected chi connectivity index (χ2v) is 9.24. The van der Waals surface area contributed by atoms with E-state index < -0.39 is 35.6 Å². The number of esters is 2. The molecule has 31 heavy (non-hydrogen) atoms. The summed E-state index contributed by atoms with van der Waals surface area (Å²) in [5.74, 6) is -2.46. The van der Waals surface area contributed by atoms with E-state index in [1.54, 1.807) is 33.8 Å². The van der Waals surface area contributed by atoms with Crippen molar-refractivity contribution in [3.63, 3.8) is 0 Å². The monoisotopic (exact) mass is 435 g/mol. The normalized spacial score (nSPS) is 37.5. The SMILES string of the molecule is C/C1=C/[C@H]2OC(=O)[C@@H](CN3CCOCC3)[C@@H]2[C@H](OC(=O)C(C)C)C[C@@](C)(O)/C=C/C1=O. The second-order valence-electron chi connectivity index (χ2n) is 9.24. The van der Waals surface area contributed by atoms with Crippen molar-refractivity contribution in [1.29, 1.82) is 0 Å². The maximum absolute atomic E-state index is 12.9. The summed E-state index contributed by atoms with van der Waals surface area (Å²) in [6, 6.07) is 0. The molecule has 5 atom stereocenters. The van der Waals surface area contributed by atoms with Crippen LogP contribution in [0.15, 0.2) is 23.8 Å². The summed E-state index contributed by atoms with van der Waals surface area (Å²) in [5.41, 5.74) is -0.979. The van der Waals surface area contributed by atoms with Gasteiger partial charge in [-0.05, 0) is 37.6 Å². The predicted octanol–water partition coefficient (Wildman–Crippen LogP) is 1.27. The summed E-state index contributed by atoms with van der Waals surface area (Å²) in [5, 5.41) is 10.9. The zero-order valence-electron chi connectivity index (χ0n) is 18.7. The molecule has 2 fully saturated rings. The number of allylic oxidation sites excluding steroid dienone is 2. The van der Waals surface area contributed by atoms with Crippen LogP contribution in [0.2, 0.25) is 0 Å². The van der Waals surface area contributed by atoms with Gasteiger partial charge in [-0.2, -0.15) is 0 Å². The van der Waals surface area contributed by atoms with Gasteiger partial charge in [0.05, 0.1) is 36.6 Å². The Morgan fingerprint density at radius 1 is 1.32 bits per heavy atom.